The van der Waals surface area contributed by atoms with Crippen molar-refractivity contribution in [2.75, 3.05) is 6.61 Å². The maximum Gasteiger partial charge on any atom is 0.0644 e. The maximum atomic E-state index is 9.06. The molecule has 1 aromatic rings. The molecule has 1 aromatic heterocycles. The fraction of sp³-hybridized carbons (Fsp3) is 0.667. The molecule has 0 aliphatic heterocycles. The van der Waals surface area contributed by atoms with E-state index in [0.717, 1.165) is 19.3 Å². The average molecular weight is 263 g/mol. The number of nitrogens with one attached hydrogen (secondary N) is 1. The van der Waals surface area contributed by atoms with E-state index < -0.39 is 0 Å². The molecule has 106 valence electrons. The summed E-state index contributed by atoms with van der Waals surface area (Å²) in [7, 11) is 0. The van der Waals surface area contributed by atoms with Gasteiger partial charge in [-0.1, -0.05) is 6.08 Å². The SMILES string of the molecule is C=CCCC(C)NC1CCCc2c1cnn2CCO. The van der Waals surface area contributed by atoms with Crippen LogP contribution in [0.25, 0.3) is 0 Å². The first-order chi connectivity index (χ1) is 9.26. The Hall–Kier alpha value is -1.13. The molecule has 2 atom stereocenters. The second-order valence-electron chi connectivity index (χ2n) is 5.37. The predicted octanol–water partition coefficient (Wildman–Crippen LogP) is 2.20. The van der Waals surface area contributed by atoms with Crippen molar-refractivity contribution in [2.24, 2.45) is 0 Å². The van der Waals surface area contributed by atoms with Crippen LogP contribution in [0.4, 0.5) is 0 Å². The smallest absolute Gasteiger partial charge is 0.0644 e. The van der Waals surface area contributed by atoms with Crippen LogP contribution in [0, 0.1) is 0 Å². The Morgan fingerprint density at radius 1 is 1.68 bits per heavy atom. The number of fused-ring (bicyclic) bond motifs is 1. The summed E-state index contributed by atoms with van der Waals surface area (Å²) < 4.78 is 1.96. The van der Waals surface area contributed by atoms with Crippen molar-refractivity contribution in [3.63, 3.8) is 0 Å². The number of aromatic nitrogens is 2. The van der Waals surface area contributed by atoms with E-state index >= 15 is 0 Å². The van der Waals surface area contributed by atoms with Gasteiger partial charge in [0.05, 0.1) is 19.3 Å². The molecule has 4 heteroatoms. The normalized spacial score (nSPS) is 20.0. The predicted molar refractivity (Wildman–Crippen MR) is 77.0 cm³/mol. The van der Waals surface area contributed by atoms with Crippen LogP contribution in [-0.2, 0) is 13.0 Å². The van der Waals surface area contributed by atoms with Crippen LogP contribution < -0.4 is 5.32 Å². The maximum absolute atomic E-state index is 9.06. The largest absolute Gasteiger partial charge is 0.394 e. The quantitative estimate of drug-likeness (QED) is 0.741. The van der Waals surface area contributed by atoms with Crippen molar-refractivity contribution in [1.82, 2.24) is 15.1 Å². The second-order valence-corrected chi connectivity index (χ2v) is 5.37. The Kier molecular flexibility index (Phi) is 5.16. The van der Waals surface area contributed by atoms with E-state index in [4.69, 9.17) is 5.11 Å². The van der Waals surface area contributed by atoms with Crippen LogP contribution in [0.5, 0.6) is 0 Å². The molecule has 0 radical (unpaired) electrons. The van der Waals surface area contributed by atoms with Gasteiger partial charge >= 0.3 is 0 Å². The lowest BCUT2D eigenvalue weighted by molar-refractivity contribution is 0.266. The first-order valence-electron chi connectivity index (χ1n) is 7.28. The van der Waals surface area contributed by atoms with Crippen LogP contribution in [0.15, 0.2) is 18.9 Å². The molecule has 0 bridgehead atoms. The molecule has 19 heavy (non-hydrogen) atoms. The average Bonchev–Trinajstić information content (AvgIpc) is 2.81. The van der Waals surface area contributed by atoms with E-state index in [0.29, 0.717) is 18.6 Å². The standard InChI is InChI=1S/C15H25N3O/c1-3-4-6-12(2)17-14-7-5-8-15-13(14)11-16-18(15)9-10-19/h3,11-12,14,17,19H,1,4-10H2,2H3. The molecule has 0 fully saturated rings. The van der Waals surface area contributed by atoms with Crippen LogP contribution in [0.1, 0.15) is 49.9 Å². The Morgan fingerprint density at radius 3 is 3.26 bits per heavy atom. The fourth-order valence-electron chi connectivity index (χ4n) is 2.87. The van der Waals surface area contributed by atoms with Crippen LogP contribution in [0.3, 0.4) is 0 Å². The molecule has 2 rings (SSSR count). The highest BCUT2D eigenvalue weighted by Gasteiger charge is 2.24. The van der Waals surface area contributed by atoms with E-state index in [1.165, 1.54) is 24.1 Å². The van der Waals surface area contributed by atoms with E-state index in [-0.39, 0.29) is 6.61 Å². The van der Waals surface area contributed by atoms with E-state index in [2.05, 4.69) is 23.9 Å². The molecular weight excluding hydrogens is 238 g/mol. The van der Waals surface area contributed by atoms with Crippen LogP contribution in [-0.4, -0.2) is 27.5 Å². The number of nitrogens with zero attached hydrogens (tertiary/aromatic N) is 2. The van der Waals surface area contributed by atoms with E-state index in [1.54, 1.807) is 0 Å². The Morgan fingerprint density at radius 2 is 2.53 bits per heavy atom. The van der Waals surface area contributed by atoms with E-state index in [1.807, 2.05) is 17.0 Å². The molecule has 1 aliphatic rings. The topological polar surface area (TPSA) is 50.1 Å². The van der Waals surface area contributed by atoms with Gasteiger partial charge in [0.15, 0.2) is 0 Å². The third-order valence-electron chi connectivity index (χ3n) is 3.86. The van der Waals surface area contributed by atoms with Gasteiger partial charge < -0.3 is 10.4 Å². The van der Waals surface area contributed by atoms with Gasteiger partial charge in [0, 0.05) is 23.3 Å². The molecule has 4 nitrogen and oxygen atoms in total. The summed E-state index contributed by atoms with van der Waals surface area (Å²) in [5.41, 5.74) is 2.62. The number of hydrogen-bond donors (Lipinski definition) is 2. The molecule has 0 spiro atoms. The zero-order chi connectivity index (χ0) is 13.7. The summed E-state index contributed by atoms with van der Waals surface area (Å²) in [6, 6.07) is 0.908. The Labute approximate surface area is 115 Å². The number of aliphatic hydroxyl groups excluding tert-OH is 1. The minimum absolute atomic E-state index is 0.155. The van der Waals surface area contributed by atoms with Gasteiger partial charge in [0.2, 0.25) is 0 Å². The monoisotopic (exact) mass is 263 g/mol. The minimum Gasteiger partial charge on any atom is -0.394 e. The summed E-state index contributed by atoms with van der Waals surface area (Å²) in [4.78, 5) is 0. The molecule has 1 heterocycles. The zero-order valence-electron chi connectivity index (χ0n) is 11.8. The highest BCUT2D eigenvalue weighted by atomic mass is 16.3. The van der Waals surface area contributed by atoms with Crippen molar-refractivity contribution in [2.45, 2.75) is 57.7 Å². The third kappa shape index (κ3) is 3.45. The molecular formula is C15H25N3O. The number of aliphatic hydroxyl groups is 1. The van der Waals surface area contributed by atoms with Gasteiger partial charge in [0.1, 0.15) is 0 Å². The summed E-state index contributed by atoms with van der Waals surface area (Å²) in [6.45, 7) is 6.77. The third-order valence-corrected chi connectivity index (χ3v) is 3.86. The van der Waals surface area contributed by atoms with Crippen molar-refractivity contribution in [1.29, 1.82) is 0 Å². The van der Waals surface area contributed by atoms with Gasteiger partial charge in [-0.15, -0.1) is 6.58 Å². The Balaban J connectivity index is 2.03. The molecule has 2 N–H and O–H groups in total. The van der Waals surface area contributed by atoms with Gasteiger partial charge in [-0.05, 0) is 39.0 Å². The molecule has 1 aliphatic carbocycles. The highest BCUT2D eigenvalue weighted by Crippen LogP contribution is 2.30. The second kappa shape index (κ2) is 6.87. The molecule has 2 unspecified atom stereocenters. The lowest BCUT2D eigenvalue weighted by Gasteiger charge is -2.27. The summed E-state index contributed by atoms with van der Waals surface area (Å²) in [5, 5.41) is 17.2. The van der Waals surface area contributed by atoms with Gasteiger partial charge in [-0.3, -0.25) is 4.68 Å². The molecule has 0 aromatic carbocycles. The lowest BCUT2D eigenvalue weighted by Crippen LogP contribution is -2.32. The molecule has 0 saturated heterocycles. The van der Waals surface area contributed by atoms with Gasteiger partial charge in [-0.25, -0.2) is 0 Å². The molecule has 0 saturated carbocycles. The Bertz CT molecular complexity index is 414. The van der Waals surface area contributed by atoms with Gasteiger partial charge in [0.25, 0.3) is 0 Å². The first kappa shape index (κ1) is 14.3. The summed E-state index contributed by atoms with van der Waals surface area (Å²) in [6.07, 6.45) is 9.57. The zero-order valence-corrected chi connectivity index (χ0v) is 11.8. The van der Waals surface area contributed by atoms with Crippen molar-refractivity contribution in [3.05, 3.63) is 30.1 Å². The number of rotatable bonds is 7. The van der Waals surface area contributed by atoms with Crippen molar-refractivity contribution < 1.29 is 5.11 Å². The molecule has 0 amide bonds. The number of hydrogen-bond acceptors (Lipinski definition) is 3. The van der Waals surface area contributed by atoms with Crippen LogP contribution >= 0.6 is 0 Å². The number of allylic oxidation sites excluding steroid dienone is 1. The van der Waals surface area contributed by atoms with Crippen molar-refractivity contribution in [3.8, 4) is 0 Å². The van der Waals surface area contributed by atoms with E-state index in [9.17, 15) is 0 Å². The van der Waals surface area contributed by atoms with Crippen molar-refractivity contribution >= 4 is 0 Å². The summed E-state index contributed by atoms with van der Waals surface area (Å²) >= 11 is 0. The summed E-state index contributed by atoms with van der Waals surface area (Å²) in [5.74, 6) is 0. The van der Waals surface area contributed by atoms with Crippen LogP contribution in [0.2, 0.25) is 0 Å². The lowest BCUT2D eigenvalue weighted by atomic mass is 9.92. The fourth-order valence-corrected chi connectivity index (χ4v) is 2.87. The minimum atomic E-state index is 0.155. The first-order valence-corrected chi connectivity index (χ1v) is 7.28. The van der Waals surface area contributed by atoms with Gasteiger partial charge in [-0.2, -0.15) is 5.10 Å². The highest BCUT2D eigenvalue weighted by molar-refractivity contribution is 5.25.